The van der Waals surface area contributed by atoms with Crippen molar-refractivity contribution in [3.63, 3.8) is 0 Å². The molecule has 0 amide bonds. The molecule has 0 radical (unpaired) electrons. The van der Waals surface area contributed by atoms with Crippen molar-refractivity contribution >= 4 is 29.0 Å². The van der Waals surface area contributed by atoms with Gasteiger partial charge in [-0.1, -0.05) is 18.2 Å². The Morgan fingerprint density at radius 2 is 1.86 bits per heavy atom. The summed E-state index contributed by atoms with van der Waals surface area (Å²) in [5.74, 6) is 5.23. The number of anilines is 1. The first kappa shape index (κ1) is 15.7. The molecule has 8 heteroatoms. The highest BCUT2D eigenvalue weighted by molar-refractivity contribution is 8.00. The van der Waals surface area contributed by atoms with Crippen LogP contribution in [0, 0.1) is 10.1 Å². The van der Waals surface area contributed by atoms with Crippen molar-refractivity contribution in [3.8, 4) is 0 Å². The lowest BCUT2D eigenvalue weighted by Crippen LogP contribution is -2.16. The lowest BCUT2D eigenvalue weighted by molar-refractivity contribution is -0.384. The smallest absolute Gasteiger partial charge is 0.269 e. The Labute approximate surface area is 131 Å². The fourth-order valence-corrected chi connectivity index (χ4v) is 2.42. The van der Waals surface area contributed by atoms with Gasteiger partial charge in [-0.05, 0) is 30.1 Å². The first-order valence-electron chi connectivity index (χ1n) is 6.30. The van der Waals surface area contributed by atoms with Crippen molar-refractivity contribution in [1.82, 2.24) is 5.43 Å². The number of nitrogens with zero attached hydrogens (tertiary/aromatic N) is 1. The van der Waals surface area contributed by atoms with Gasteiger partial charge in [0.25, 0.3) is 5.69 Å². The zero-order valence-electron chi connectivity index (χ0n) is 11.5. The van der Waals surface area contributed by atoms with Crippen LogP contribution < -0.4 is 21.7 Å². The summed E-state index contributed by atoms with van der Waals surface area (Å²) in [6, 6.07) is 13.8. The minimum atomic E-state index is -0.428. The maximum absolute atomic E-state index is 10.6. The summed E-state index contributed by atoms with van der Waals surface area (Å²) < 4.78 is 3.17. The highest BCUT2D eigenvalue weighted by atomic mass is 32.2. The van der Waals surface area contributed by atoms with Crippen LogP contribution in [0.5, 0.6) is 0 Å². The summed E-state index contributed by atoms with van der Waals surface area (Å²) in [6.07, 6.45) is 1.50. The predicted molar refractivity (Wildman–Crippen MR) is 88.5 cm³/mol. The third kappa shape index (κ3) is 3.90. The topological polar surface area (TPSA) is 119 Å². The van der Waals surface area contributed by atoms with E-state index in [0.29, 0.717) is 5.70 Å². The molecule has 2 aromatic carbocycles. The minimum absolute atomic E-state index is 0.0611. The SMILES string of the molecule is NN/C=C(\N)c1ccccc1NSc1ccc([N+](=O)[O-])cc1. The first-order valence-corrected chi connectivity index (χ1v) is 7.12. The molecule has 0 unspecified atom stereocenters. The number of nitro benzene ring substituents is 1. The van der Waals surface area contributed by atoms with Crippen molar-refractivity contribution in [2.45, 2.75) is 4.90 Å². The highest BCUT2D eigenvalue weighted by Crippen LogP contribution is 2.27. The van der Waals surface area contributed by atoms with Crippen molar-refractivity contribution in [1.29, 1.82) is 0 Å². The molecule has 0 aliphatic carbocycles. The number of benzene rings is 2. The molecule has 0 spiro atoms. The molecule has 0 aliphatic heterocycles. The van der Waals surface area contributed by atoms with Crippen LogP contribution in [0.25, 0.3) is 5.70 Å². The van der Waals surface area contributed by atoms with Crippen molar-refractivity contribution in [2.75, 3.05) is 4.72 Å². The van der Waals surface area contributed by atoms with Crippen molar-refractivity contribution in [3.05, 3.63) is 70.4 Å². The van der Waals surface area contributed by atoms with Crippen LogP contribution in [0.3, 0.4) is 0 Å². The normalized spacial score (nSPS) is 11.0. The Bertz CT molecular complexity index is 688. The Morgan fingerprint density at radius 3 is 2.50 bits per heavy atom. The average Bonchev–Trinajstić information content (AvgIpc) is 2.54. The zero-order valence-corrected chi connectivity index (χ0v) is 12.3. The summed E-state index contributed by atoms with van der Waals surface area (Å²) in [5, 5.41) is 10.6. The fraction of sp³-hybridized carbons (Fsp3) is 0. The second kappa shape index (κ2) is 7.34. The number of non-ortho nitro benzene ring substituents is 1. The molecule has 2 rings (SSSR count). The predicted octanol–water partition coefficient (Wildman–Crippen LogP) is 2.43. The van der Waals surface area contributed by atoms with E-state index in [0.717, 1.165) is 16.1 Å². The van der Waals surface area contributed by atoms with Gasteiger partial charge in [-0.3, -0.25) is 16.0 Å². The van der Waals surface area contributed by atoms with E-state index >= 15 is 0 Å². The average molecular weight is 317 g/mol. The zero-order chi connectivity index (χ0) is 15.9. The van der Waals surface area contributed by atoms with Crippen LogP contribution in [-0.2, 0) is 0 Å². The monoisotopic (exact) mass is 317 g/mol. The molecule has 2 aromatic rings. The molecule has 0 saturated heterocycles. The number of nitro groups is 1. The van der Waals surface area contributed by atoms with E-state index in [1.54, 1.807) is 12.1 Å². The number of hydrazine groups is 1. The molecule has 0 atom stereocenters. The van der Waals surface area contributed by atoms with Gasteiger partial charge in [-0.2, -0.15) is 0 Å². The maximum Gasteiger partial charge on any atom is 0.269 e. The van der Waals surface area contributed by atoms with E-state index in [4.69, 9.17) is 11.6 Å². The van der Waals surface area contributed by atoms with E-state index in [2.05, 4.69) is 10.1 Å². The standard InChI is InChI=1S/C14H15N5O2S/c15-13(9-17-16)12-3-1-2-4-14(12)18-22-11-7-5-10(6-8-11)19(20)21/h1-9,17-18H,15-16H2/b13-9-. The molecular formula is C14H15N5O2S. The van der Waals surface area contributed by atoms with Crippen LogP contribution in [-0.4, -0.2) is 4.92 Å². The van der Waals surface area contributed by atoms with Crippen LogP contribution in [0.2, 0.25) is 0 Å². The number of nitrogens with two attached hydrogens (primary N) is 2. The van der Waals surface area contributed by atoms with E-state index in [1.807, 2.05) is 24.3 Å². The summed E-state index contributed by atoms with van der Waals surface area (Å²) in [7, 11) is 0. The van der Waals surface area contributed by atoms with Gasteiger partial charge >= 0.3 is 0 Å². The van der Waals surface area contributed by atoms with E-state index in [9.17, 15) is 10.1 Å². The van der Waals surface area contributed by atoms with Crippen LogP contribution in [0.1, 0.15) is 5.56 Å². The van der Waals surface area contributed by atoms with E-state index in [-0.39, 0.29) is 5.69 Å². The van der Waals surface area contributed by atoms with Crippen molar-refractivity contribution in [2.24, 2.45) is 11.6 Å². The van der Waals surface area contributed by atoms with E-state index in [1.165, 1.54) is 30.3 Å². The quantitative estimate of drug-likeness (QED) is 0.279. The second-order valence-electron chi connectivity index (χ2n) is 4.27. The molecule has 6 N–H and O–H groups in total. The summed E-state index contributed by atoms with van der Waals surface area (Å²) in [5.41, 5.74) is 10.5. The largest absolute Gasteiger partial charge is 0.397 e. The number of hydrogen-bond donors (Lipinski definition) is 4. The molecule has 114 valence electrons. The van der Waals surface area contributed by atoms with Gasteiger partial charge in [0, 0.05) is 28.8 Å². The summed E-state index contributed by atoms with van der Waals surface area (Å²) >= 11 is 1.34. The van der Waals surface area contributed by atoms with Gasteiger partial charge in [0.1, 0.15) is 0 Å². The van der Waals surface area contributed by atoms with Gasteiger partial charge in [-0.15, -0.1) is 0 Å². The van der Waals surface area contributed by atoms with Gasteiger partial charge in [-0.25, -0.2) is 0 Å². The molecule has 0 aromatic heterocycles. The van der Waals surface area contributed by atoms with Crippen LogP contribution >= 0.6 is 11.9 Å². The van der Waals surface area contributed by atoms with Crippen LogP contribution in [0.4, 0.5) is 11.4 Å². The molecular weight excluding hydrogens is 302 g/mol. The molecule has 0 heterocycles. The molecule has 22 heavy (non-hydrogen) atoms. The number of hydrogen-bond acceptors (Lipinski definition) is 7. The Morgan fingerprint density at radius 1 is 1.18 bits per heavy atom. The fourth-order valence-electron chi connectivity index (χ4n) is 1.74. The first-order chi connectivity index (χ1) is 10.6. The lowest BCUT2D eigenvalue weighted by atomic mass is 10.1. The Hall–Kier alpha value is -2.71. The lowest BCUT2D eigenvalue weighted by Gasteiger charge is -2.11. The number of nitrogens with one attached hydrogen (secondary N) is 2. The third-order valence-corrected chi connectivity index (χ3v) is 3.63. The molecule has 7 nitrogen and oxygen atoms in total. The molecule has 0 saturated carbocycles. The van der Waals surface area contributed by atoms with Crippen LogP contribution in [0.15, 0.2) is 59.6 Å². The van der Waals surface area contributed by atoms with Crippen molar-refractivity contribution < 1.29 is 4.92 Å². The van der Waals surface area contributed by atoms with Gasteiger partial charge < -0.3 is 15.9 Å². The molecule has 0 aliphatic rings. The molecule has 0 bridgehead atoms. The van der Waals surface area contributed by atoms with Gasteiger partial charge in [0.15, 0.2) is 0 Å². The molecule has 0 fully saturated rings. The van der Waals surface area contributed by atoms with Gasteiger partial charge in [0.2, 0.25) is 0 Å². The summed E-state index contributed by atoms with van der Waals surface area (Å²) in [4.78, 5) is 11.0. The third-order valence-electron chi connectivity index (χ3n) is 2.80. The second-order valence-corrected chi connectivity index (χ2v) is 5.15. The Balaban J connectivity index is 2.11. The Kier molecular flexibility index (Phi) is 5.23. The van der Waals surface area contributed by atoms with E-state index < -0.39 is 4.92 Å². The summed E-state index contributed by atoms with van der Waals surface area (Å²) in [6.45, 7) is 0. The maximum atomic E-state index is 10.6. The van der Waals surface area contributed by atoms with Gasteiger partial charge in [0.05, 0.1) is 16.3 Å². The number of para-hydroxylation sites is 1. The minimum Gasteiger partial charge on any atom is -0.397 e. The number of rotatable bonds is 6. The highest BCUT2D eigenvalue weighted by Gasteiger charge is 2.07.